The molecule has 1 amide bonds. The topological polar surface area (TPSA) is 59.2 Å². The highest BCUT2D eigenvalue weighted by atomic mass is 79.9. The molecule has 0 aliphatic rings. The van der Waals surface area contributed by atoms with E-state index in [-0.39, 0.29) is 11.7 Å². The molecule has 0 fully saturated rings. The van der Waals surface area contributed by atoms with Crippen LogP contribution in [-0.4, -0.2) is 17.9 Å². The van der Waals surface area contributed by atoms with Gasteiger partial charge < -0.3 is 10.6 Å². The molecular weight excluding hydrogens is 306 g/mol. The molecule has 2 rings (SSSR count). The quantitative estimate of drug-likeness (QED) is 0.925. The summed E-state index contributed by atoms with van der Waals surface area (Å²) in [5.41, 5.74) is 8.10. The minimum absolute atomic E-state index is 0.185. The second-order valence-electron chi connectivity index (χ2n) is 4.29. The van der Waals surface area contributed by atoms with Crippen molar-refractivity contribution in [2.75, 3.05) is 17.7 Å². The van der Waals surface area contributed by atoms with Crippen LogP contribution in [0.1, 0.15) is 15.9 Å². The molecule has 0 aliphatic carbocycles. The Kier molecular flexibility index (Phi) is 3.85. The van der Waals surface area contributed by atoms with E-state index in [4.69, 9.17) is 5.73 Å². The van der Waals surface area contributed by atoms with Crippen LogP contribution in [0.3, 0.4) is 0 Å². The lowest BCUT2D eigenvalue weighted by Gasteiger charge is -2.18. The van der Waals surface area contributed by atoms with Crippen LogP contribution in [0.15, 0.2) is 41.0 Å². The second-order valence-corrected chi connectivity index (χ2v) is 5.20. The van der Waals surface area contributed by atoms with Gasteiger partial charge in [0.1, 0.15) is 5.82 Å². The molecule has 0 saturated heterocycles. The number of amides is 1. The summed E-state index contributed by atoms with van der Waals surface area (Å²) in [5.74, 6) is 0.0438. The third-order valence-corrected chi connectivity index (χ3v) is 3.28. The molecule has 98 valence electrons. The van der Waals surface area contributed by atoms with Crippen molar-refractivity contribution in [2.45, 2.75) is 6.92 Å². The van der Waals surface area contributed by atoms with Gasteiger partial charge in [0.05, 0.1) is 5.56 Å². The van der Waals surface area contributed by atoms with Crippen molar-refractivity contribution >= 4 is 33.3 Å². The fourth-order valence-electron chi connectivity index (χ4n) is 1.69. The minimum atomic E-state index is -0.185. The molecule has 0 unspecified atom stereocenters. The fourth-order valence-corrected chi connectivity index (χ4v) is 2.02. The number of carbonyl (C=O) groups is 1. The molecule has 0 saturated carbocycles. The molecule has 2 N–H and O–H groups in total. The Bertz CT molecular complexity index is 611. The third kappa shape index (κ3) is 2.93. The average Bonchev–Trinajstić information content (AvgIpc) is 2.41. The van der Waals surface area contributed by atoms with Crippen molar-refractivity contribution in [3.8, 4) is 0 Å². The molecule has 1 aromatic carbocycles. The highest BCUT2D eigenvalue weighted by Gasteiger charge is 2.17. The Balaban J connectivity index is 2.33. The van der Waals surface area contributed by atoms with Crippen molar-refractivity contribution in [2.24, 2.45) is 0 Å². The number of carbonyl (C=O) groups excluding carboxylic acids is 1. The van der Waals surface area contributed by atoms with E-state index in [1.54, 1.807) is 24.2 Å². The summed E-state index contributed by atoms with van der Waals surface area (Å²) in [6, 6.07) is 9.39. The number of benzene rings is 1. The number of halogens is 1. The molecule has 0 atom stereocenters. The molecule has 0 radical (unpaired) electrons. The number of hydrogen-bond acceptors (Lipinski definition) is 3. The van der Waals surface area contributed by atoms with E-state index in [9.17, 15) is 4.79 Å². The standard InChI is InChI=1S/C14H14BrN3O/c1-9-3-5-11(6-4-9)18(2)14(19)12-7-10(15)8-17-13(12)16/h3-8H,1-2H3,(H2,16,17). The van der Waals surface area contributed by atoms with Crippen LogP contribution < -0.4 is 10.6 Å². The van der Waals surface area contributed by atoms with Gasteiger partial charge in [-0.05, 0) is 41.1 Å². The van der Waals surface area contributed by atoms with E-state index in [0.29, 0.717) is 5.56 Å². The van der Waals surface area contributed by atoms with E-state index < -0.39 is 0 Å². The Morgan fingerprint density at radius 3 is 2.58 bits per heavy atom. The van der Waals surface area contributed by atoms with Crippen molar-refractivity contribution in [1.29, 1.82) is 0 Å². The number of nitrogens with two attached hydrogens (primary N) is 1. The van der Waals surface area contributed by atoms with Crippen LogP contribution >= 0.6 is 15.9 Å². The molecule has 19 heavy (non-hydrogen) atoms. The van der Waals surface area contributed by atoms with Gasteiger partial charge in [-0.1, -0.05) is 17.7 Å². The van der Waals surface area contributed by atoms with Gasteiger partial charge in [0, 0.05) is 23.4 Å². The Morgan fingerprint density at radius 2 is 1.95 bits per heavy atom. The fraction of sp³-hybridized carbons (Fsp3) is 0.143. The number of nitrogens with zero attached hydrogens (tertiary/aromatic N) is 2. The normalized spacial score (nSPS) is 10.3. The average molecular weight is 320 g/mol. The lowest BCUT2D eigenvalue weighted by molar-refractivity contribution is 0.0993. The van der Waals surface area contributed by atoms with Gasteiger partial charge in [-0.25, -0.2) is 4.98 Å². The van der Waals surface area contributed by atoms with E-state index in [1.165, 1.54) is 0 Å². The number of aromatic nitrogens is 1. The highest BCUT2D eigenvalue weighted by molar-refractivity contribution is 9.10. The largest absolute Gasteiger partial charge is 0.383 e. The Hall–Kier alpha value is -1.88. The molecule has 2 aromatic rings. The predicted octanol–water partition coefficient (Wildman–Crippen LogP) is 3.01. The van der Waals surface area contributed by atoms with Gasteiger partial charge in [-0.2, -0.15) is 0 Å². The first-order chi connectivity index (χ1) is 8.99. The molecule has 1 aromatic heterocycles. The van der Waals surface area contributed by atoms with Crippen molar-refractivity contribution in [3.63, 3.8) is 0 Å². The van der Waals surface area contributed by atoms with Crippen LogP contribution in [0.25, 0.3) is 0 Å². The summed E-state index contributed by atoms with van der Waals surface area (Å²) >= 11 is 3.29. The summed E-state index contributed by atoms with van der Waals surface area (Å²) in [5, 5.41) is 0. The van der Waals surface area contributed by atoms with Crippen LogP contribution in [-0.2, 0) is 0 Å². The maximum atomic E-state index is 12.4. The molecule has 0 bridgehead atoms. The molecular formula is C14H14BrN3O. The summed E-state index contributed by atoms with van der Waals surface area (Å²) in [6.07, 6.45) is 1.57. The maximum Gasteiger partial charge on any atom is 0.261 e. The molecule has 4 nitrogen and oxygen atoms in total. The summed E-state index contributed by atoms with van der Waals surface area (Å²) in [6.45, 7) is 2.00. The van der Waals surface area contributed by atoms with Crippen LogP contribution in [0.2, 0.25) is 0 Å². The number of pyridine rings is 1. The van der Waals surface area contributed by atoms with Gasteiger partial charge in [0.2, 0.25) is 0 Å². The van der Waals surface area contributed by atoms with Crippen molar-refractivity contribution in [1.82, 2.24) is 4.98 Å². The van der Waals surface area contributed by atoms with E-state index >= 15 is 0 Å². The maximum absolute atomic E-state index is 12.4. The first kappa shape index (κ1) is 13.5. The monoisotopic (exact) mass is 319 g/mol. The van der Waals surface area contributed by atoms with Crippen LogP contribution in [0.4, 0.5) is 11.5 Å². The first-order valence-corrected chi connectivity index (χ1v) is 6.54. The number of nitrogen functional groups attached to an aromatic ring is 1. The molecule has 5 heteroatoms. The molecule has 0 spiro atoms. The summed E-state index contributed by atoms with van der Waals surface area (Å²) < 4.78 is 0.724. The highest BCUT2D eigenvalue weighted by Crippen LogP contribution is 2.21. The van der Waals surface area contributed by atoms with Gasteiger partial charge in [0.25, 0.3) is 5.91 Å². The predicted molar refractivity (Wildman–Crippen MR) is 80.3 cm³/mol. The first-order valence-electron chi connectivity index (χ1n) is 5.75. The van der Waals surface area contributed by atoms with E-state index in [0.717, 1.165) is 15.7 Å². The zero-order valence-electron chi connectivity index (χ0n) is 10.7. The van der Waals surface area contributed by atoms with E-state index in [2.05, 4.69) is 20.9 Å². The van der Waals surface area contributed by atoms with Crippen molar-refractivity contribution in [3.05, 3.63) is 52.1 Å². The summed E-state index contributed by atoms with van der Waals surface area (Å²) in [7, 11) is 1.72. The number of rotatable bonds is 2. The van der Waals surface area contributed by atoms with Gasteiger partial charge in [0.15, 0.2) is 0 Å². The zero-order valence-corrected chi connectivity index (χ0v) is 12.3. The van der Waals surface area contributed by atoms with Crippen molar-refractivity contribution < 1.29 is 4.79 Å². The Labute approximate surface area is 120 Å². The van der Waals surface area contributed by atoms with Crippen LogP contribution in [0, 0.1) is 6.92 Å². The number of anilines is 2. The van der Waals surface area contributed by atoms with Crippen LogP contribution in [0.5, 0.6) is 0 Å². The number of aryl methyl sites for hydroxylation is 1. The van der Waals surface area contributed by atoms with Gasteiger partial charge >= 0.3 is 0 Å². The Morgan fingerprint density at radius 1 is 1.32 bits per heavy atom. The molecule has 0 aliphatic heterocycles. The third-order valence-electron chi connectivity index (χ3n) is 2.84. The van der Waals surface area contributed by atoms with E-state index in [1.807, 2.05) is 31.2 Å². The van der Waals surface area contributed by atoms with Gasteiger partial charge in [-0.15, -0.1) is 0 Å². The molecule has 1 heterocycles. The number of hydrogen-bond donors (Lipinski definition) is 1. The SMILES string of the molecule is Cc1ccc(N(C)C(=O)c2cc(Br)cnc2N)cc1. The minimum Gasteiger partial charge on any atom is -0.383 e. The lowest BCUT2D eigenvalue weighted by atomic mass is 10.2. The zero-order chi connectivity index (χ0) is 14.0. The lowest BCUT2D eigenvalue weighted by Crippen LogP contribution is -2.27. The smallest absolute Gasteiger partial charge is 0.261 e. The second kappa shape index (κ2) is 5.40. The summed E-state index contributed by atoms with van der Waals surface area (Å²) in [4.78, 5) is 17.9. The van der Waals surface area contributed by atoms with Gasteiger partial charge in [-0.3, -0.25) is 4.79 Å².